The quantitative estimate of drug-likeness (QED) is 0.918. The number of nitrogens with two attached hydrogens (primary N) is 1. The van der Waals surface area contributed by atoms with Crippen molar-refractivity contribution in [1.29, 1.82) is 0 Å². The van der Waals surface area contributed by atoms with Gasteiger partial charge in [-0.2, -0.15) is 0 Å². The highest BCUT2D eigenvalue weighted by Gasteiger charge is 2.49. The third-order valence-electron chi connectivity index (χ3n) is 4.55. The normalized spacial score (nSPS) is 23.1. The van der Waals surface area contributed by atoms with E-state index in [9.17, 15) is 4.39 Å². The summed E-state index contributed by atoms with van der Waals surface area (Å²) in [5, 5.41) is 0.464. The van der Waals surface area contributed by atoms with Crippen LogP contribution in [0.1, 0.15) is 25.3 Å². The van der Waals surface area contributed by atoms with Gasteiger partial charge in [0.1, 0.15) is 11.7 Å². The van der Waals surface area contributed by atoms with E-state index in [0.717, 1.165) is 24.1 Å². The first kappa shape index (κ1) is 15.3. The van der Waals surface area contributed by atoms with E-state index in [2.05, 4.69) is 9.98 Å². The van der Waals surface area contributed by atoms with Crippen molar-refractivity contribution >= 4 is 23.1 Å². The fourth-order valence-electron chi connectivity index (χ4n) is 3.17. The summed E-state index contributed by atoms with van der Waals surface area (Å²) in [5.74, 6) is 0.436. The summed E-state index contributed by atoms with van der Waals surface area (Å²) in [7, 11) is 0. The highest BCUT2D eigenvalue weighted by molar-refractivity contribution is 6.41. The van der Waals surface area contributed by atoms with Crippen molar-refractivity contribution in [2.45, 2.75) is 25.4 Å². The molecule has 24 heavy (non-hydrogen) atoms. The Morgan fingerprint density at radius 3 is 2.62 bits per heavy atom. The number of halogens is 2. The van der Waals surface area contributed by atoms with Gasteiger partial charge in [0.2, 0.25) is 0 Å². The number of aromatic nitrogens is 1. The number of hydrogen-bond acceptors (Lipinski definition) is 4. The van der Waals surface area contributed by atoms with E-state index in [0.29, 0.717) is 27.9 Å². The molecule has 2 heterocycles. The van der Waals surface area contributed by atoms with Gasteiger partial charge in [0.05, 0.1) is 10.7 Å². The number of pyridine rings is 1. The molecule has 122 valence electrons. The van der Waals surface area contributed by atoms with Crippen LogP contribution in [0, 0.1) is 11.7 Å². The van der Waals surface area contributed by atoms with Crippen molar-refractivity contribution in [3.05, 3.63) is 53.1 Å². The number of hydrogen-bond donors (Lipinski definition) is 1. The van der Waals surface area contributed by atoms with Gasteiger partial charge < -0.3 is 5.73 Å². The second kappa shape index (κ2) is 5.38. The highest BCUT2D eigenvalue weighted by Crippen LogP contribution is 2.51. The molecule has 1 fully saturated rings. The summed E-state index contributed by atoms with van der Waals surface area (Å²) in [6, 6.07) is 6.68. The number of amidine groups is 1. The number of aliphatic imine (C=N–C) groups is 2. The molecule has 0 amide bonds. The standard InChI is InChI=1S/C18H16ClFN4/c1-10-17(21)24-18(23-10,12-2-3-12)13-4-5-16(20)15(7-13)11-6-14(19)9-22-8-11/h4-9,12H,2-3H2,1H3,(H2,21,24). The second-order valence-electron chi connectivity index (χ2n) is 6.28. The minimum Gasteiger partial charge on any atom is -0.382 e. The van der Waals surface area contributed by atoms with Crippen LogP contribution in [0.15, 0.2) is 46.6 Å². The van der Waals surface area contributed by atoms with Crippen molar-refractivity contribution in [1.82, 2.24) is 4.98 Å². The number of benzene rings is 1. The molecule has 1 aliphatic heterocycles. The molecular weight excluding hydrogens is 327 g/mol. The van der Waals surface area contributed by atoms with Crippen molar-refractivity contribution in [2.75, 3.05) is 0 Å². The van der Waals surface area contributed by atoms with E-state index in [1.54, 1.807) is 24.4 Å². The van der Waals surface area contributed by atoms with E-state index >= 15 is 0 Å². The van der Waals surface area contributed by atoms with Crippen molar-refractivity contribution < 1.29 is 4.39 Å². The molecule has 2 aliphatic rings. The van der Waals surface area contributed by atoms with E-state index in [1.807, 2.05) is 6.92 Å². The Kier molecular flexibility index (Phi) is 3.42. The van der Waals surface area contributed by atoms with Gasteiger partial charge >= 0.3 is 0 Å². The predicted molar refractivity (Wildman–Crippen MR) is 93.8 cm³/mol. The molecule has 4 rings (SSSR count). The second-order valence-corrected chi connectivity index (χ2v) is 6.72. The van der Waals surface area contributed by atoms with Gasteiger partial charge in [-0.3, -0.25) is 9.98 Å². The topological polar surface area (TPSA) is 63.6 Å². The van der Waals surface area contributed by atoms with Crippen molar-refractivity contribution in [3.63, 3.8) is 0 Å². The van der Waals surface area contributed by atoms with Crippen LogP contribution in [-0.2, 0) is 5.66 Å². The molecule has 0 spiro atoms. The molecule has 0 bridgehead atoms. The zero-order valence-electron chi connectivity index (χ0n) is 13.1. The Morgan fingerprint density at radius 2 is 2.00 bits per heavy atom. The highest BCUT2D eigenvalue weighted by atomic mass is 35.5. The molecule has 0 saturated heterocycles. The van der Waals surface area contributed by atoms with E-state index in [-0.39, 0.29) is 5.82 Å². The van der Waals surface area contributed by atoms with Gasteiger partial charge in [0.25, 0.3) is 0 Å². The van der Waals surface area contributed by atoms with Gasteiger partial charge in [-0.25, -0.2) is 9.38 Å². The minimum atomic E-state index is -0.720. The first-order valence-electron chi connectivity index (χ1n) is 7.83. The first-order chi connectivity index (χ1) is 11.5. The van der Waals surface area contributed by atoms with E-state index < -0.39 is 5.66 Å². The van der Waals surface area contributed by atoms with Crippen LogP contribution < -0.4 is 5.73 Å². The average Bonchev–Trinajstić information content (AvgIpc) is 3.35. The van der Waals surface area contributed by atoms with Crippen molar-refractivity contribution in [3.8, 4) is 11.1 Å². The van der Waals surface area contributed by atoms with Crippen LogP contribution in [0.3, 0.4) is 0 Å². The smallest absolute Gasteiger partial charge is 0.181 e. The molecule has 2 aromatic rings. The molecular formula is C18H16ClFN4. The SMILES string of the molecule is CC1=NC(c2ccc(F)c(-c3cncc(Cl)c3)c2)(C2CC2)N=C1N. The van der Waals surface area contributed by atoms with E-state index in [4.69, 9.17) is 22.3 Å². The fraction of sp³-hybridized carbons (Fsp3) is 0.278. The Labute approximate surface area is 144 Å². The summed E-state index contributed by atoms with van der Waals surface area (Å²) in [6.45, 7) is 1.86. The van der Waals surface area contributed by atoms with Crippen LogP contribution in [0.25, 0.3) is 11.1 Å². The Hall–Kier alpha value is -2.27. The van der Waals surface area contributed by atoms with Crippen LogP contribution in [-0.4, -0.2) is 16.5 Å². The Balaban J connectivity index is 1.87. The number of nitrogens with zero attached hydrogens (tertiary/aromatic N) is 3. The van der Waals surface area contributed by atoms with Crippen LogP contribution in [0.5, 0.6) is 0 Å². The summed E-state index contributed by atoms with van der Waals surface area (Å²) < 4.78 is 14.4. The summed E-state index contributed by atoms with van der Waals surface area (Å²) >= 11 is 5.99. The Morgan fingerprint density at radius 1 is 1.21 bits per heavy atom. The van der Waals surface area contributed by atoms with Gasteiger partial charge in [0, 0.05) is 35.0 Å². The van der Waals surface area contributed by atoms with Crippen LogP contribution in [0.4, 0.5) is 4.39 Å². The summed E-state index contributed by atoms with van der Waals surface area (Å²) in [5.41, 5.74) is 7.90. The lowest BCUT2D eigenvalue weighted by Crippen LogP contribution is -2.23. The molecule has 1 atom stereocenters. The summed E-state index contributed by atoms with van der Waals surface area (Å²) in [6.07, 6.45) is 5.20. The Bertz CT molecular complexity index is 868. The molecule has 2 N–H and O–H groups in total. The van der Waals surface area contributed by atoms with Crippen LogP contribution >= 0.6 is 11.6 Å². The molecule has 1 aliphatic carbocycles. The maximum absolute atomic E-state index is 14.4. The molecule has 0 radical (unpaired) electrons. The van der Waals surface area contributed by atoms with Crippen molar-refractivity contribution in [2.24, 2.45) is 21.6 Å². The maximum atomic E-state index is 14.4. The zero-order valence-corrected chi connectivity index (χ0v) is 13.9. The average molecular weight is 343 g/mol. The van der Waals surface area contributed by atoms with E-state index in [1.165, 1.54) is 12.3 Å². The molecule has 1 aromatic carbocycles. The lowest BCUT2D eigenvalue weighted by atomic mass is 9.92. The third-order valence-corrected chi connectivity index (χ3v) is 4.76. The molecule has 1 aromatic heterocycles. The molecule has 1 unspecified atom stereocenters. The third kappa shape index (κ3) is 2.40. The first-order valence-corrected chi connectivity index (χ1v) is 8.20. The lowest BCUT2D eigenvalue weighted by Gasteiger charge is -2.24. The van der Waals surface area contributed by atoms with Gasteiger partial charge in [-0.05, 0) is 38.0 Å². The maximum Gasteiger partial charge on any atom is 0.181 e. The predicted octanol–water partition coefficient (Wildman–Crippen LogP) is 3.94. The molecule has 1 saturated carbocycles. The number of rotatable bonds is 3. The largest absolute Gasteiger partial charge is 0.382 e. The fourth-order valence-corrected chi connectivity index (χ4v) is 3.34. The van der Waals surface area contributed by atoms with Crippen LogP contribution in [0.2, 0.25) is 5.02 Å². The van der Waals surface area contributed by atoms with Gasteiger partial charge in [-0.1, -0.05) is 17.7 Å². The minimum absolute atomic E-state index is 0.310. The van der Waals surface area contributed by atoms with Gasteiger partial charge in [0.15, 0.2) is 5.66 Å². The zero-order chi connectivity index (χ0) is 16.9. The monoisotopic (exact) mass is 342 g/mol. The lowest BCUT2D eigenvalue weighted by molar-refractivity contribution is 0.416. The molecule has 6 heteroatoms. The summed E-state index contributed by atoms with van der Waals surface area (Å²) in [4.78, 5) is 13.4. The molecule has 4 nitrogen and oxygen atoms in total. The van der Waals surface area contributed by atoms with Gasteiger partial charge in [-0.15, -0.1) is 0 Å².